The van der Waals surface area contributed by atoms with Gasteiger partial charge < -0.3 is 14.9 Å². The fourth-order valence-corrected chi connectivity index (χ4v) is 2.38. The summed E-state index contributed by atoms with van der Waals surface area (Å²) in [6.07, 6.45) is 0.261. The second kappa shape index (κ2) is 8.78. The van der Waals surface area contributed by atoms with Gasteiger partial charge in [-0.2, -0.15) is 10.4 Å². The molecule has 0 bridgehead atoms. The highest BCUT2D eigenvalue weighted by Gasteiger charge is 2.18. The molecule has 0 spiro atoms. The van der Waals surface area contributed by atoms with Gasteiger partial charge in [-0.15, -0.1) is 5.11 Å². The Morgan fingerprint density at radius 1 is 1.27 bits per heavy atom. The van der Waals surface area contributed by atoms with Crippen LogP contribution in [0.4, 0.5) is 11.4 Å². The van der Waals surface area contributed by atoms with E-state index in [2.05, 4.69) is 10.2 Å². The molecule has 2 rings (SSSR count). The van der Waals surface area contributed by atoms with Gasteiger partial charge in [-0.1, -0.05) is 0 Å². The van der Waals surface area contributed by atoms with Crippen LogP contribution in [0.3, 0.4) is 0 Å². The molecule has 136 valence electrons. The number of ether oxygens (including phenoxy) is 1. The zero-order valence-electron chi connectivity index (χ0n) is 14.6. The minimum Gasteiger partial charge on any atom is -0.494 e. The number of hydrogen-bond acceptors (Lipinski definition) is 7. The molecule has 0 saturated heterocycles. The number of benzene rings is 1. The SMILES string of the molecule is CCOc1ccc(N=Nc2c(C)c(C#N)c(O)n(CCCO)c2=O)cc1. The molecule has 0 atom stereocenters. The number of nitrogens with zero attached hydrogens (tertiary/aromatic N) is 4. The van der Waals surface area contributed by atoms with Crippen LogP contribution in [0, 0.1) is 18.3 Å². The van der Waals surface area contributed by atoms with Gasteiger partial charge in [0.05, 0.1) is 12.3 Å². The Kier molecular flexibility index (Phi) is 6.47. The fraction of sp³-hybridized carbons (Fsp3) is 0.333. The average Bonchev–Trinajstić information content (AvgIpc) is 2.63. The lowest BCUT2D eigenvalue weighted by atomic mass is 10.1. The number of hydrogen-bond donors (Lipinski definition) is 2. The van der Waals surface area contributed by atoms with Crippen molar-refractivity contribution in [3.63, 3.8) is 0 Å². The lowest BCUT2D eigenvalue weighted by Gasteiger charge is -2.12. The second-order valence-corrected chi connectivity index (χ2v) is 5.44. The summed E-state index contributed by atoms with van der Waals surface area (Å²) in [6.45, 7) is 3.89. The maximum Gasteiger partial charge on any atom is 0.281 e. The van der Waals surface area contributed by atoms with Crippen molar-refractivity contribution in [1.82, 2.24) is 4.57 Å². The van der Waals surface area contributed by atoms with Crippen molar-refractivity contribution in [3.8, 4) is 17.7 Å². The fourth-order valence-electron chi connectivity index (χ4n) is 2.38. The number of aliphatic hydroxyl groups is 1. The van der Waals surface area contributed by atoms with Crippen molar-refractivity contribution >= 4 is 11.4 Å². The molecule has 0 amide bonds. The van der Waals surface area contributed by atoms with E-state index in [1.54, 1.807) is 24.3 Å². The first-order valence-electron chi connectivity index (χ1n) is 8.15. The highest BCUT2D eigenvalue weighted by Crippen LogP contribution is 2.27. The molecule has 8 heteroatoms. The minimum absolute atomic E-state index is 0.0221. The molecule has 0 aliphatic carbocycles. The van der Waals surface area contributed by atoms with Gasteiger partial charge in [-0.25, -0.2) is 0 Å². The van der Waals surface area contributed by atoms with Crippen molar-refractivity contribution in [1.29, 1.82) is 5.26 Å². The number of aromatic nitrogens is 1. The third-order valence-corrected chi connectivity index (χ3v) is 3.72. The van der Waals surface area contributed by atoms with Crippen LogP contribution in [0.25, 0.3) is 0 Å². The molecule has 1 aromatic heterocycles. The molecule has 1 heterocycles. The molecule has 0 aliphatic rings. The van der Waals surface area contributed by atoms with Gasteiger partial charge in [0.25, 0.3) is 5.56 Å². The molecule has 8 nitrogen and oxygen atoms in total. The van der Waals surface area contributed by atoms with E-state index in [1.807, 2.05) is 13.0 Å². The smallest absolute Gasteiger partial charge is 0.281 e. The van der Waals surface area contributed by atoms with E-state index in [9.17, 15) is 15.2 Å². The van der Waals surface area contributed by atoms with Crippen molar-refractivity contribution in [2.45, 2.75) is 26.8 Å². The molecule has 0 fully saturated rings. The summed E-state index contributed by atoms with van der Waals surface area (Å²) in [6, 6.07) is 8.74. The standard InChI is InChI=1S/C18H20N4O4/c1-3-26-14-7-5-13(6-8-14)20-21-16-12(2)15(11-19)17(24)22(18(16)25)9-4-10-23/h5-8,23-24H,3-4,9-10H2,1-2H3. The Hall–Kier alpha value is -3.18. The Labute approximate surface area is 150 Å². The Bertz CT molecular complexity index is 895. The van der Waals surface area contributed by atoms with Crippen LogP contribution in [0.1, 0.15) is 24.5 Å². The van der Waals surface area contributed by atoms with Crippen LogP contribution in [0.15, 0.2) is 39.3 Å². The Morgan fingerprint density at radius 2 is 1.96 bits per heavy atom. The molecule has 1 aromatic carbocycles. The summed E-state index contributed by atoms with van der Waals surface area (Å²) in [4.78, 5) is 12.6. The zero-order chi connectivity index (χ0) is 19.1. The van der Waals surface area contributed by atoms with Crippen LogP contribution < -0.4 is 10.3 Å². The summed E-state index contributed by atoms with van der Waals surface area (Å²) in [5.74, 6) is 0.272. The van der Waals surface area contributed by atoms with E-state index in [0.717, 1.165) is 4.57 Å². The van der Waals surface area contributed by atoms with Gasteiger partial charge in [-0.05, 0) is 44.5 Å². The number of rotatable bonds is 7. The van der Waals surface area contributed by atoms with Crippen LogP contribution in [-0.2, 0) is 6.54 Å². The third-order valence-electron chi connectivity index (χ3n) is 3.72. The van der Waals surface area contributed by atoms with E-state index >= 15 is 0 Å². The zero-order valence-corrected chi connectivity index (χ0v) is 14.6. The van der Waals surface area contributed by atoms with Crippen molar-refractivity contribution in [2.24, 2.45) is 10.2 Å². The molecule has 2 N–H and O–H groups in total. The third kappa shape index (κ3) is 4.07. The summed E-state index contributed by atoms with van der Waals surface area (Å²) in [5, 5.41) is 36.4. The predicted octanol–water partition coefficient (Wildman–Crippen LogP) is 2.93. The maximum atomic E-state index is 12.6. The van der Waals surface area contributed by atoms with Gasteiger partial charge in [0.1, 0.15) is 17.4 Å². The molecule has 26 heavy (non-hydrogen) atoms. The molecular weight excluding hydrogens is 336 g/mol. The van der Waals surface area contributed by atoms with Gasteiger partial charge in [0, 0.05) is 18.7 Å². The first-order chi connectivity index (χ1) is 12.5. The number of azo groups is 1. The Balaban J connectivity index is 2.44. The van der Waals surface area contributed by atoms with E-state index in [4.69, 9.17) is 9.84 Å². The van der Waals surface area contributed by atoms with E-state index < -0.39 is 11.4 Å². The molecule has 0 radical (unpaired) electrons. The highest BCUT2D eigenvalue weighted by atomic mass is 16.5. The molecule has 2 aromatic rings. The second-order valence-electron chi connectivity index (χ2n) is 5.44. The summed E-state index contributed by atoms with van der Waals surface area (Å²) < 4.78 is 6.37. The molecule has 0 aliphatic heterocycles. The highest BCUT2D eigenvalue weighted by molar-refractivity contribution is 5.56. The summed E-state index contributed by atoms with van der Waals surface area (Å²) >= 11 is 0. The topological polar surface area (TPSA) is 120 Å². The largest absolute Gasteiger partial charge is 0.494 e. The summed E-state index contributed by atoms with van der Waals surface area (Å²) in [7, 11) is 0. The first-order valence-corrected chi connectivity index (χ1v) is 8.15. The lowest BCUT2D eigenvalue weighted by Crippen LogP contribution is -2.22. The van der Waals surface area contributed by atoms with Gasteiger partial charge in [-0.3, -0.25) is 9.36 Å². The quantitative estimate of drug-likeness (QED) is 0.739. The average molecular weight is 356 g/mol. The van der Waals surface area contributed by atoms with Crippen LogP contribution in [0.5, 0.6) is 11.6 Å². The van der Waals surface area contributed by atoms with Crippen molar-refractivity contribution in [3.05, 3.63) is 45.7 Å². The summed E-state index contributed by atoms with van der Waals surface area (Å²) in [5.41, 5.74) is 0.141. The number of aliphatic hydroxyl groups excluding tert-OH is 1. The van der Waals surface area contributed by atoms with Gasteiger partial charge in [0.2, 0.25) is 5.88 Å². The van der Waals surface area contributed by atoms with E-state index in [-0.39, 0.29) is 36.4 Å². The van der Waals surface area contributed by atoms with Crippen molar-refractivity contribution < 1.29 is 14.9 Å². The minimum atomic E-state index is -0.567. The monoisotopic (exact) mass is 356 g/mol. The number of pyridine rings is 1. The van der Waals surface area contributed by atoms with E-state index in [1.165, 1.54) is 6.92 Å². The molecule has 0 unspecified atom stereocenters. The Morgan fingerprint density at radius 3 is 2.54 bits per heavy atom. The number of aromatic hydroxyl groups is 1. The maximum absolute atomic E-state index is 12.6. The van der Waals surface area contributed by atoms with Gasteiger partial charge in [0.15, 0.2) is 5.69 Å². The predicted molar refractivity (Wildman–Crippen MR) is 95.3 cm³/mol. The van der Waals surface area contributed by atoms with Crippen molar-refractivity contribution in [2.75, 3.05) is 13.2 Å². The van der Waals surface area contributed by atoms with Gasteiger partial charge >= 0.3 is 0 Å². The molecular formula is C18H20N4O4. The normalized spacial score (nSPS) is 10.8. The number of nitriles is 1. The lowest BCUT2D eigenvalue weighted by molar-refractivity contribution is 0.274. The van der Waals surface area contributed by atoms with Crippen LogP contribution in [0.2, 0.25) is 0 Å². The molecule has 0 saturated carbocycles. The first kappa shape index (κ1) is 19.1. The van der Waals surface area contributed by atoms with Crippen LogP contribution >= 0.6 is 0 Å². The van der Waals surface area contributed by atoms with E-state index in [0.29, 0.717) is 18.0 Å². The van der Waals surface area contributed by atoms with Crippen LogP contribution in [-0.4, -0.2) is 28.0 Å².